The van der Waals surface area contributed by atoms with E-state index in [1.807, 2.05) is 11.6 Å². The first-order valence-corrected chi connectivity index (χ1v) is 9.28. The lowest BCUT2D eigenvalue weighted by Gasteiger charge is -2.07. The first-order valence-electron chi connectivity index (χ1n) is 7.80. The summed E-state index contributed by atoms with van der Waals surface area (Å²) in [7, 11) is -3.89. The van der Waals surface area contributed by atoms with Crippen LogP contribution in [-0.2, 0) is 24.3 Å². The molecule has 0 aromatic heterocycles. The number of unbranched alkanes of at least 4 members (excludes halogenated alkanes) is 1. The zero-order valence-corrected chi connectivity index (χ0v) is 15.0. The smallest absolute Gasteiger partial charge is 0.416 e. The number of sulfonamides is 1. The Balaban J connectivity index is 2.46. The Kier molecular flexibility index (Phi) is 7.97. The van der Waals surface area contributed by atoms with Gasteiger partial charge in [0.2, 0.25) is 5.91 Å². The molecule has 0 aliphatic rings. The van der Waals surface area contributed by atoms with Gasteiger partial charge in [0.05, 0.1) is 17.9 Å². The number of ether oxygens (including phenoxy) is 1. The van der Waals surface area contributed by atoms with Crippen molar-refractivity contribution in [3.8, 4) is 0 Å². The zero-order valence-electron chi connectivity index (χ0n) is 14.2. The normalized spacial score (nSPS) is 10.6. The van der Waals surface area contributed by atoms with Gasteiger partial charge in [-0.2, -0.15) is 4.79 Å². The van der Waals surface area contributed by atoms with Crippen LogP contribution in [0, 0.1) is 6.92 Å². The highest BCUT2D eigenvalue weighted by atomic mass is 32.2. The zero-order chi connectivity index (χ0) is 18.9. The van der Waals surface area contributed by atoms with Gasteiger partial charge in [0.1, 0.15) is 0 Å². The molecule has 1 amide bonds. The maximum Gasteiger partial charge on any atom is 0.416 e. The first-order chi connectivity index (χ1) is 11.8. The van der Waals surface area contributed by atoms with Crippen molar-refractivity contribution in [1.29, 1.82) is 0 Å². The van der Waals surface area contributed by atoms with Crippen molar-refractivity contribution >= 4 is 27.6 Å². The molecule has 0 saturated carbocycles. The lowest BCUT2D eigenvalue weighted by Crippen LogP contribution is -2.30. The molecule has 0 heterocycles. The summed E-state index contributed by atoms with van der Waals surface area (Å²) in [5, 5.41) is 0. The number of nitrogens with zero attached hydrogens (tertiary/aromatic N) is 2. The van der Waals surface area contributed by atoms with E-state index in [0.29, 0.717) is 12.8 Å². The fraction of sp³-hybridized carbons (Fsp3) is 0.438. The van der Waals surface area contributed by atoms with Gasteiger partial charge < -0.3 is 10.3 Å². The van der Waals surface area contributed by atoms with E-state index in [-0.39, 0.29) is 30.1 Å². The van der Waals surface area contributed by atoms with Crippen molar-refractivity contribution in [2.24, 2.45) is 0 Å². The van der Waals surface area contributed by atoms with E-state index in [0.717, 1.165) is 5.56 Å². The SMILES string of the molecule is CCOC(=O)C(CCCCC(=O)NS(=O)(=O)c1ccc(C)cc1)=[N+]=[N-]. The minimum atomic E-state index is -3.89. The van der Waals surface area contributed by atoms with Gasteiger partial charge >= 0.3 is 11.7 Å². The fourth-order valence-electron chi connectivity index (χ4n) is 1.96. The highest BCUT2D eigenvalue weighted by Crippen LogP contribution is 2.10. The van der Waals surface area contributed by atoms with Crippen LogP contribution in [0.15, 0.2) is 29.2 Å². The van der Waals surface area contributed by atoms with E-state index < -0.39 is 21.9 Å². The maximum atomic E-state index is 12.1. The highest BCUT2D eigenvalue weighted by molar-refractivity contribution is 7.90. The predicted octanol–water partition coefficient (Wildman–Crippen LogP) is 1.59. The largest absolute Gasteiger partial charge is 0.457 e. The highest BCUT2D eigenvalue weighted by Gasteiger charge is 2.21. The quantitative estimate of drug-likeness (QED) is 0.233. The second kappa shape index (κ2) is 9.71. The first kappa shape index (κ1) is 20.5. The molecule has 136 valence electrons. The summed E-state index contributed by atoms with van der Waals surface area (Å²) in [5.74, 6) is -1.35. The Bertz CT molecular complexity index is 765. The van der Waals surface area contributed by atoms with Crippen LogP contribution in [0.25, 0.3) is 5.53 Å². The van der Waals surface area contributed by atoms with Gasteiger partial charge in [-0.1, -0.05) is 17.7 Å². The molecule has 0 atom stereocenters. The standard InChI is InChI=1S/C16H21N3O5S/c1-3-24-16(21)14(18-17)6-4-5-7-15(20)19-25(22,23)13-10-8-12(2)9-11-13/h8-11H,3-7H2,1-2H3,(H,19,20). The minimum absolute atomic E-state index is 0.0171. The van der Waals surface area contributed by atoms with E-state index in [2.05, 4.69) is 4.79 Å². The van der Waals surface area contributed by atoms with Crippen LogP contribution in [0.2, 0.25) is 0 Å². The van der Waals surface area contributed by atoms with Gasteiger partial charge in [-0.05, 0) is 38.8 Å². The third-order valence-corrected chi connectivity index (χ3v) is 4.67. The number of carbonyl (C=O) groups is 2. The third-order valence-electron chi connectivity index (χ3n) is 3.28. The summed E-state index contributed by atoms with van der Waals surface area (Å²) in [6.07, 6.45) is 0.795. The van der Waals surface area contributed by atoms with E-state index in [1.54, 1.807) is 19.1 Å². The molecule has 0 fully saturated rings. The average Bonchev–Trinajstić information content (AvgIpc) is 2.55. The molecular formula is C16H21N3O5S. The summed E-state index contributed by atoms with van der Waals surface area (Å²) in [5.41, 5.74) is 9.54. The summed E-state index contributed by atoms with van der Waals surface area (Å²) in [6, 6.07) is 6.14. The molecule has 0 aliphatic heterocycles. The number of carbonyl (C=O) groups excluding carboxylic acids is 2. The topological polar surface area (TPSA) is 126 Å². The molecule has 0 bridgehead atoms. The van der Waals surface area contributed by atoms with Crippen molar-refractivity contribution in [3.63, 3.8) is 0 Å². The van der Waals surface area contributed by atoms with Crippen molar-refractivity contribution in [2.75, 3.05) is 6.61 Å². The fourth-order valence-corrected chi connectivity index (χ4v) is 2.98. The molecule has 25 heavy (non-hydrogen) atoms. The maximum absolute atomic E-state index is 12.1. The van der Waals surface area contributed by atoms with Crippen LogP contribution in [-0.4, -0.2) is 37.4 Å². The van der Waals surface area contributed by atoms with Gasteiger partial charge in [-0.25, -0.2) is 17.9 Å². The van der Waals surface area contributed by atoms with Crippen LogP contribution in [0.1, 0.15) is 38.2 Å². The lowest BCUT2D eigenvalue weighted by molar-refractivity contribution is -0.140. The molecule has 8 nitrogen and oxygen atoms in total. The van der Waals surface area contributed by atoms with E-state index in [4.69, 9.17) is 10.3 Å². The van der Waals surface area contributed by atoms with Crippen molar-refractivity contribution in [3.05, 3.63) is 35.4 Å². The van der Waals surface area contributed by atoms with Crippen LogP contribution in [0.3, 0.4) is 0 Å². The molecule has 0 aliphatic carbocycles. The molecular weight excluding hydrogens is 346 g/mol. The summed E-state index contributed by atoms with van der Waals surface area (Å²) >= 11 is 0. The van der Waals surface area contributed by atoms with Crippen LogP contribution >= 0.6 is 0 Å². The predicted molar refractivity (Wildman–Crippen MR) is 90.2 cm³/mol. The molecule has 0 radical (unpaired) electrons. The Labute approximate surface area is 146 Å². The molecule has 1 rings (SSSR count). The number of benzene rings is 1. The number of hydrogen-bond acceptors (Lipinski definition) is 5. The van der Waals surface area contributed by atoms with Crippen LogP contribution in [0.4, 0.5) is 0 Å². The molecule has 0 saturated heterocycles. The lowest BCUT2D eigenvalue weighted by atomic mass is 10.1. The van der Waals surface area contributed by atoms with Crippen molar-refractivity contribution in [1.82, 2.24) is 4.72 Å². The van der Waals surface area contributed by atoms with Gasteiger partial charge in [0, 0.05) is 6.42 Å². The Morgan fingerprint density at radius 3 is 2.32 bits per heavy atom. The van der Waals surface area contributed by atoms with Crippen molar-refractivity contribution in [2.45, 2.75) is 44.4 Å². The van der Waals surface area contributed by atoms with Crippen LogP contribution in [0.5, 0.6) is 0 Å². The van der Waals surface area contributed by atoms with E-state index in [1.165, 1.54) is 12.1 Å². The van der Waals surface area contributed by atoms with Gasteiger partial charge in [-0.15, -0.1) is 0 Å². The number of esters is 1. The molecule has 0 unspecified atom stereocenters. The van der Waals surface area contributed by atoms with Crippen LogP contribution < -0.4 is 4.72 Å². The molecule has 1 aromatic carbocycles. The van der Waals surface area contributed by atoms with E-state index in [9.17, 15) is 18.0 Å². The number of hydrogen-bond donors (Lipinski definition) is 1. The number of amides is 1. The molecule has 1 N–H and O–H groups in total. The minimum Gasteiger partial charge on any atom is -0.457 e. The summed E-state index contributed by atoms with van der Waals surface area (Å²) < 4.78 is 30.8. The number of aryl methyl sites for hydroxylation is 1. The van der Waals surface area contributed by atoms with Gasteiger partial charge in [0.25, 0.3) is 10.0 Å². The second-order valence-electron chi connectivity index (χ2n) is 5.32. The van der Waals surface area contributed by atoms with Crippen molar-refractivity contribution < 1.29 is 27.5 Å². The Hall–Kier alpha value is -2.51. The summed E-state index contributed by atoms with van der Waals surface area (Å²) in [4.78, 5) is 26.1. The molecule has 9 heteroatoms. The van der Waals surface area contributed by atoms with Gasteiger partial charge in [-0.3, -0.25) is 4.79 Å². The Morgan fingerprint density at radius 2 is 1.76 bits per heavy atom. The third kappa shape index (κ3) is 6.86. The number of rotatable bonds is 9. The second-order valence-corrected chi connectivity index (χ2v) is 7.00. The Morgan fingerprint density at radius 1 is 1.16 bits per heavy atom. The van der Waals surface area contributed by atoms with E-state index >= 15 is 0 Å². The van der Waals surface area contributed by atoms with Gasteiger partial charge in [0.15, 0.2) is 0 Å². The number of nitrogens with one attached hydrogen (secondary N) is 1. The molecule has 0 spiro atoms. The average molecular weight is 367 g/mol. The molecule has 1 aromatic rings. The monoisotopic (exact) mass is 367 g/mol. The summed E-state index contributed by atoms with van der Waals surface area (Å²) in [6.45, 7) is 3.62.